The fraction of sp³-hybridized carbons (Fsp3) is 0.889. The van der Waals surface area contributed by atoms with Crippen molar-refractivity contribution in [2.24, 2.45) is 0 Å². The fourth-order valence-electron chi connectivity index (χ4n) is 2.66. The van der Waals surface area contributed by atoms with Crippen LogP contribution >= 0.6 is 0 Å². The highest BCUT2D eigenvalue weighted by atomic mass is 16.8. The average molecular weight is 358 g/mol. The molecule has 7 heteroatoms. The minimum atomic E-state index is -0.548. The van der Waals surface area contributed by atoms with Crippen molar-refractivity contribution in [2.45, 2.75) is 57.6 Å². The van der Waals surface area contributed by atoms with E-state index in [1.165, 1.54) is 0 Å². The number of rotatable bonds is 10. The Labute approximate surface area is 150 Å². The molecule has 2 aliphatic heterocycles. The zero-order valence-corrected chi connectivity index (χ0v) is 15.6. The van der Waals surface area contributed by atoms with E-state index in [0.717, 1.165) is 0 Å². The molecule has 25 heavy (non-hydrogen) atoms. The Morgan fingerprint density at radius 1 is 0.960 bits per heavy atom. The molecule has 2 unspecified atom stereocenters. The highest BCUT2D eigenvalue weighted by molar-refractivity contribution is 4.83. The van der Waals surface area contributed by atoms with Gasteiger partial charge in [-0.2, -0.15) is 0 Å². The summed E-state index contributed by atoms with van der Waals surface area (Å²) in [5.41, 5.74) is 0. The summed E-state index contributed by atoms with van der Waals surface area (Å²) in [7, 11) is 0. The Hall–Kier alpha value is -0.720. The molecule has 2 saturated heterocycles. The van der Waals surface area contributed by atoms with E-state index in [9.17, 15) is 0 Å². The lowest BCUT2D eigenvalue weighted by Crippen LogP contribution is -2.31. The Kier molecular flexibility index (Phi) is 7.65. The molecule has 0 aliphatic carbocycles. The molecular weight excluding hydrogens is 328 g/mol. The van der Waals surface area contributed by atoms with Crippen LogP contribution in [0.4, 0.5) is 0 Å². The first-order valence-corrected chi connectivity index (χ1v) is 8.64. The maximum atomic E-state index is 5.70. The second-order valence-electron chi connectivity index (χ2n) is 7.11. The molecular formula is C18H30O7. The van der Waals surface area contributed by atoms with E-state index >= 15 is 0 Å². The van der Waals surface area contributed by atoms with E-state index < -0.39 is 11.6 Å². The van der Waals surface area contributed by atoms with Crippen LogP contribution in [-0.2, 0) is 33.2 Å². The van der Waals surface area contributed by atoms with Crippen molar-refractivity contribution in [1.29, 1.82) is 0 Å². The molecule has 7 nitrogen and oxygen atoms in total. The Bertz CT molecular complexity index is 411. The molecule has 0 N–H and O–H groups in total. The number of hydrogen-bond donors (Lipinski definition) is 0. The monoisotopic (exact) mass is 358 g/mol. The predicted octanol–water partition coefficient (Wildman–Crippen LogP) is 1.34. The van der Waals surface area contributed by atoms with Gasteiger partial charge in [-0.3, -0.25) is 0 Å². The van der Waals surface area contributed by atoms with Crippen molar-refractivity contribution in [1.82, 2.24) is 0 Å². The number of terminal acetylenes is 1. The van der Waals surface area contributed by atoms with E-state index in [1.54, 1.807) is 0 Å². The third-order valence-corrected chi connectivity index (χ3v) is 3.75. The van der Waals surface area contributed by atoms with E-state index in [0.29, 0.717) is 39.6 Å². The first-order chi connectivity index (χ1) is 11.8. The second-order valence-corrected chi connectivity index (χ2v) is 7.11. The van der Waals surface area contributed by atoms with Crippen LogP contribution in [0.15, 0.2) is 0 Å². The van der Waals surface area contributed by atoms with Gasteiger partial charge in [-0.1, -0.05) is 5.92 Å². The van der Waals surface area contributed by atoms with Gasteiger partial charge in [0.05, 0.1) is 39.6 Å². The van der Waals surface area contributed by atoms with Crippen molar-refractivity contribution in [3.05, 3.63) is 0 Å². The van der Waals surface area contributed by atoms with Gasteiger partial charge in [-0.25, -0.2) is 0 Å². The minimum absolute atomic E-state index is 0.0736. The molecule has 0 aromatic carbocycles. The summed E-state index contributed by atoms with van der Waals surface area (Å²) in [6, 6.07) is 0. The van der Waals surface area contributed by atoms with E-state index in [1.807, 2.05) is 27.7 Å². The SMILES string of the molecule is C#CCOC(COCC1COC(C)(C)O1)COCC1COC(C)(C)O1. The lowest BCUT2D eigenvalue weighted by atomic mass is 10.3. The molecule has 2 atom stereocenters. The van der Waals surface area contributed by atoms with Crippen LogP contribution in [0.3, 0.4) is 0 Å². The molecule has 0 aromatic rings. The van der Waals surface area contributed by atoms with Gasteiger partial charge in [0.1, 0.15) is 24.9 Å². The smallest absolute Gasteiger partial charge is 0.163 e. The van der Waals surface area contributed by atoms with Crippen molar-refractivity contribution in [3.63, 3.8) is 0 Å². The minimum Gasteiger partial charge on any atom is -0.376 e. The summed E-state index contributed by atoms with van der Waals surface area (Å²) in [4.78, 5) is 0. The van der Waals surface area contributed by atoms with E-state index in [2.05, 4.69) is 5.92 Å². The highest BCUT2D eigenvalue weighted by Gasteiger charge is 2.33. The zero-order valence-electron chi connectivity index (χ0n) is 15.6. The summed E-state index contributed by atoms with van der Waals surface area (Å²) >= 11 is 0. The largest absolute Gasteiger partial charge is 0.376 e. The van der Waals surface area contributed by atoms with Crippen LogP contribution in [0, 0.1) is 12.3 Å². The van der Waals surface area contributed by atoms with Crippen molar-refractivity contribution < 1.29 is 33.2 Å². The van der Waals surface area contributed by atoms with Gasteiger partial charge in [0.2, 0.25) is 0 Å². The van der Waals surface area contributed by atoms with Crippen molar-refractivity contribution >= 4 is 0 Å². The van der Waals surface area contributed by atoms with Gasteiger partial charge in [-0.15, -0.1) is 6.42 Å². The molecule has 0 aromatic heterocycles. The quantitative estimate of drug-likeness (QED) is 0.546. The van der Waals surface area contributed by atoms with E-state index in [4.69, 9.17) is 39.6 Å². The molecule has 144 valence electrons. The van der Waals surface area contributed by atoms with Crippen LogP contribution in [0.2, 0.25) is 0 Å². The molecule has 2 heterocycles. The van der Waals surface area contributed by atoms with Gasteiger partial charge in [0.25, 0.3) is 0 Å². The molecule has 0 saturated carbocycles. The molecule has 0 spiro atoms. The zero-order chi connectivity index (χ0) is 18.3. The number of hydrogen-bond acceptors (Lipinski definition) is 7. The molecule has 2 rings (SSSR count). The molecule has 0 radical (unpaired) electrons. The Morgan fingerprint density at radius 3 is 1.80 bits per heavy atom. The summed E-state index contributed by atoms with van der Waals surface area (Å²) in [5.74, 6) is 1.36. The van der Waals surface area contributed by atoms with Gasteiger partial charge >= 0.3 is 0 Å². The van der Waals surface area contributed by atoms with Crippen molar-refractivity contribution in [3.8, 4) is 12.3 Å². The standard InChI is InChI=1S/C18H30O7/c1-6-7-21-14(8-19-10-15-12-22-17(2,3)24-15)9-20-11-16-13-23-18(4,5)25-16/h1,14-16H,7-13H2,2-5H3. The lowest BCUT2D eigenvalue weighted by Gasteiger charge is -2.20. The summed E-state index contributed by atoms with van der Waals surface area (Å²) in [6.07, 6.45) is 4.87. The maximum Gasteiger partial charge on any atom is 0.163 e. The molecule has 2 fully saturated rings. The fourth-order valence-corrected chi connectivity index (χ4v) is 2.66. The van der Waals surface area contributed by atoms with Crippen molar-refractivity contribution in [2.75, 3.05) is 46.2 Å². The summed E-state index contributed by atoms with van der Waals surface area (Å²) in [5, 5.41) is 0. The maximum absolute atomic E-state index is 5.70. The van der Waals surface area contributed by atoms with E-state index in [-0.39, 0.29) is 24.9 Å². The Balaban J connectivity index is 1.63. The lowest BCUT2D eigenvalue weighted by molar-refractivity contribution is -0.151. The summed E-state index contributed by atoms with van der Waals surface area (Å²) in [6.45, 7) is 10.4. The van der Waals surface area contributed by atoms with Crippen LogP contribution in [-0.4, -0.2) is 76.1 Å². The average Bonchev–Trinajstić information content (AvgIpc) is 3.05. The first kappa shape index (κ1) is 20.6. The topological polar surface area (TPSA) is 64.6 Å². The molecule has 0 amide bonds. The molecule has 2 aliphatic rings. The predicted molar refractivity (Wildman–Crippen MR) is 90.0 cm³/mol. The first-order valence-electron chi connectivity index (χ1n) is 8.64. The normalized spacial score (nSPS) is 28.8. The highest BCUT2D eigenvalue weighted by Crippen LogP contribution is 2.23. The van der Waals surface area contributed by atoms with Crippen LogP contribution < -0.4 is 0 Å². The van der Waals surface area contributed by atoms with Crippen LogP contribution in [0.5, 0.6) is 0 Å². The molecule has 0 bridgehead atoms. The third kappa shape index (κ3) is 7.59. The van der Waals surface area contributed by atoms with Gasteiger partial charge in [0.15, 0.2) is 11.6 Å². The third-order valence-electron chi connectivity index (χ3n) is 3.75. The summed E-state index contributed by atoms with van der Waals surface area (Å²) < 4.78 is 39.4. The van der Waals surface area contributed by atoms with Gasteiger partial charge < -0.3 is 33.2 Å². The van der Waals surface area contributed by atoms with Crippen LogP contribution in [0.1, 0.15) is 27.7 Å². The van der Waals surface area contributed by atoms with Crippen LogP contribution in [0.25, 0.3) is 0 Å². The van der Waals surface area contributed by atoms with Gasteiger partial charge in [-0.05, 0) is 27.7 Å². The van der Waals surface area contributed by atoms with Gasteiger partial charge in [0, 0.05) is 0 Å². The Morgan fingerprint density at radius 2 is 1.44 bits per heavy atom. The second kappa shape index (κ2) is 9.28. The number of ether oxygens (including phenoxy) is 7.